The number of halogens is 2. The Morgan fingerprint density at radius 1 is 1.10 bits per heavy atom. The molecule has 0 saturated carbocycles. The number of amides is 3. The Morgan fingerprint density at radius 2 is 1.90 bits per heavy atom. The SMILES string of the molecule is O=C(/C=C/c1ccc(Cl)c(Cl)c1)N1CCC(=O)N(CCC(=O)N2CCCC(O)C2)CC1. The molecule has 1 atom stereocenters. The van der Waals surface area contributed by atoms with E-state index >= 15 is 0 Å². The van der Waals surface area contributed by atoms with Crippen molar-refractivity contribution in [1.29, 1.82) is 0 Å². The standard InChI is InChI=1S/C22H27Cl2N3O4/c23-18-5-3-16(14-19(18)24)4-6-20(29)25-10-7-21(30)26(13-12-25)11-8-22(31)27-9-1-2-17(28)15-27/h3-6,14,17,28H,1-2,7-13,15H2/b6-4+. The minimum atomic E-state index is -0.464. The fourth-order valence-corrected chi connectivity index (χ4v) is 4.09. The zero-order valence-corrected chi connectivity index (χ0v) is 18.8. The van der Waals surface area contributed by atoms with Crippen LogP contribution < -0.4 is 0 Å². The van der Waals surface area contributed by atoms with Gasteiger partial charge in [-0.1, -0.05) is 29.3 Å². The van der Waals surface area contributed by atoms with Gasteiger partial charge in [0, 0.05) is 58.2 Å². The summed E-state index contributed by atoms with van der Waals surface area (Å²) in [6.07, 6.45) is 4.63. The van der Waals surface area contributed by atoms with Crippen LogP contribution in [0.1, 0.15) is 31.2 Å². The van der Waals surface area contributed by atoms with Crippen LogP contribution in [-0.4, -0.2) is 82.9 Å². The molecule has 7 nitrogen and oxygen atoms in total. The predicted molar refractivity (Wildman–Crippen MR) is 120 cm³/mol. The van der Waals surface area contributed by atoms with E-state index in [1.165, 1.54) is 6.08 Å². The van der Waals surface area contributed by atoms with E-state index in [-0.39, 0.29) is 30.6 Å². The first-order chi connectivity index (χ1) is 14.8. The van der Waals surface area contributed by atoms with Crippen molar-refractivity contribution in [3.63, 3.8) is 0 Å². The van der Waals surface area contributed by atoms with E-state index in [9.17, 15) is 19.5 Å². The quantitative estimate of drug-likeness (QED) is 0.674. The lowest BCUT2D eigenvalue weighted by Crippen LogP contribution is -2.44. The van der Waals surface area contributed by atoms with Crippen LogP contribution >= 0.6 is 23.2 Å². The normalized spacial score (nSPS) is 20.3. The van der Waals surface area contributed by atoms with Gasteiger partial charge in [0.2, 0.25) is 17.7 Å². The lowest BCUT2D eigenvalue weighted by Gasteiger charge is -2.31. The van der Waals surface area contributed by atoms with Gasteiger partial charge in [-0.3, -0.25) is 14.4 Å². The number of β-amino-alcohol motifs (C(OH)–C–C–N with tert-alkyl or cyclic N) is 1. The Hall–Kier alpha value is -2.09. The average Bonchev–Trinajstić information content (AvgIpc) is 2.94. The van der Waals surface area contributed by atoms with Crippen LogP contribution in [0.15, 0.2) is 24.3 Å². The molecule has 0 aromatic heterocycles. The van der Waals surface area contributed by atoms with Gasteiger partial charge in [0.1, 0.15) is 0 Å². The molecule has 0 spiro atoms. The van der Waals surface area contributed by atoms with Gasteiger partial charge in [0.15, 0.2) is 0 Å². The third-order valence-corrected chi connectivity index (χ3v) is 6.35. The number of hydrogen-bond acceptors (Lipinski definition) is 4. The van der Waals surface area contributed by atoms with Crippen LogP contribution in [0.3, 0.4) is 0 Å². The van der Waals surface area contributed by atoms with Gasteiger partial charge in [-0.15, -0.1) is 0 Å². The summed E-state index contributed by atoms with van der Waals surface area (Å²) in [6.45, 7) is 2.48. The molecule has 168 valence electrons. The van der Waals surface area contributed by atoms with Crippen LogP contribution in [0.2, 0.25) is 10.0 Å². The summed E-state index contributed by atoms with van der Waals surface area (Å²) in [5.41, 5.74) is 0.761. The summed E-state index contributed by atoms with van der Waals surface area (Å²) in [4.78, 5) is 42.4. The minimum absolute atomic E-state index is 0.0479. The zero-order valence-electron chi connectivity index (χ0n) is 17.3. The van der Waals surface area contributed by atoms with Crippen molar-refractivity contribution in [2.75, 3.05) is 39.3 Å². The van der Waals surface area contributed by atoms with Crippen molar-refractivity contribution >= 4 is 47.0 Å². The van der Waals surface area contributed by atoms with E-state index in [4.69, 9.17) is 23.2 Å². The number of benzene rings is 1. The molecule has 2 saturated heterocycles. The molecule has 2 aliphatic heterocycles. The molecule has 1 N–H and O–H groups in total. The molecule has 1 unspecified atom stereocenters. The van der Waals surface area contributed by atoms with Crippen LogP contribution in [0.5, 0.6) is 0 Å². The van der Waals surface area contributed by atoms with E-state index in [1.54, 1.807) is 39.0 Å². The van der Waals surface area contributed by atoms with Crippen molar-refractivity contribution in [2.45, 2.75) is 31.8 Å². The van der Waals surface area contributed by atoms with Crippen molar-refractivity contribution in [3.05, 3.63) is 39.9 Å². The number of aliphatic hydroxyl groups excluding tert-OH is 1. The summed E-state index contributed by atoms with van der Waals surface area (Å²) in [5, 5.41) is 10.6. The maximum absolute atomic E-state index is 12.6. The van der Waals surface area contributed by atoms with Gasteiger partial charge >= 0.3 is 0 Å². The van der Waals surface area contributed by atoms with Crippen molar-refractivity contribution in [3.8, 4) is 0 Å². The topological polar surface area (TPSA) is 81.2 Å². The number of aliphatic hydroxyl groups is 1. The molecule has 2 aliphatic rings. The molecule has 2 fully saturated rings. The largest absolute Gasteiger partial charge is 0.391 e. The number of hydrogen-bond donors (Lipinski definition) is 1. The summed E-state index contributed by atoms with van der Waals surface area (Å²) in [7, 11) is 0. The zero-order chi connectivity index (χ0) is 22.4. The third-order valence-electron chi connectivity index (χ3n) is 5.61. The highest BCUT2D eigenvalue weighted by Gasteiger charge is 2.25. The highest BCUT2D eigenvalue weighted by molar-refractivity contribution is 6.42. The molecule has 2 heterocycles. The van der Waals surface area contributed by atoms with Gasteiger partial charge in [-0.2, -0.15) is 0 Å². The van der Waals surface area contributed by atoms with Crippen molar-refractivity contribution in [2.24, 2.45) is 0 Å². The van der Waals surface area contributed by atoms with Gasteiger partial charge in [0.05, 0.1) is 16.1 Å². The maximum atomic E-state index is 12.6. The maximum Gasteiger partial charge on any atom is 0.246 e. The van der Waals surface area contributed by atoms with Crippen molar-refractivity contribution < 1.29 is 19.5 Å². The van der Waals surface area contributed by atoms with Gasteiger partial charge in [0.25, 0.3) is 0 Å². The third kappa shape index (κ3) is 6.69. The molecule has 0 bridgehead atoms. The molecule has 1 aromatic carbocycles. The predicted octanol–water partition coefficient (Wildman–Crippen LogP) is 2.44. The number of carbonyl (C=O) groups excluding carboxylic acids is 3. The first kappa shape index (κ1) is 23.6. The molecule has 3 rings (SSSR count). The van der Waals surface area contributed by atoms with E-state index in [0.29, 0.717) is 49.3 Å². The molecule has 3 amide bonds. The summed E-state index contributed by atoms with van der Waals surface area (Å²) < 4.78 is 0. The number of carbonyl (C=O) groups is 3. The fraction of sp³-hybridized carbons (Fsp3) is 0.500. The second-order valence-electron chi connectivity index (χ2n) is 7.85. The number of nitrogens with zero attached hydrogens (tertiary/aromatic N) is 3. The summed E-state index contributed by atoms with van der Waals surface area (Å²) in [5.74, 6) is -0.289. The monoisotopic (exact) mass is 467 g/mol. The highest BCUT2D eigenvalue weighted by Crippen LogP contribution is 2.23. The van der Waals surface area contributed by atoms with Gasteiger partial charge in [-0.05, 0) is 36.6 Å². The Bertz CT molecular complexity index is 861. The van der Waals surface area contributed by atoms with Gasteiger partial charge < -0.3 is 19.8 Å². The smallest absolute Gasteiger partial charge is 0.246 e. The minimum Gasteiger partial charge on any atom is -0.391 e. The Kier molecular flexibility index (Phi) is 8.35. The Balaban J connectivity index is 1.50. The van der Waals surface area contributed by atoms with Crippen LogP contribution in [0.4, 0.5) is 0 Å². The van der Waals surface area contributed by atoms with E-state index in [2.05, 4.69) is 0 Å². The first-order valence-corrected chi connectivity index (χ1v) is 11.2. The number of piperidine rings is 1. The second kappa shape index (κ2) is 11.0. The molecular formula is C22H27Cl2N3O4. The first-order valence-electron chi connectivity index (χ1n) is 10.5. The van der Waals surface area contributed by atoms with Crippen LogP contribution in [0, 0.1) is 0 Å². The van der Waals surface area contributed by atoms with E-state index < -0.39 is 6.10 Å². The molecule has 31 heavy (non-hydrogen) atoms. The molecule has 9 heteroatoms. The average molecular weight is 468 g/mol. The van der Waals surface area contributed by atoms with E-state index in [0.717, 1.165) is 18.4 Å². The molecular weight excluding hydrogens is 441 g/mol. The molecule has 0 radical (unpaired) electrons. The van der Waals surface area contributed by atoms with E-state index in [1.807, 2.05) is 0 Å². The lowest BCUT2D eigenvalue weighted by molar-refractivity contribution is -0.136. The Morgan fingerprint density at radius 3 is 2.65 bits per heavy atom. The van der Waals surface area contributed by atoms with Crippen LogP contribution in [0.25, 0.3) is 6.08 Å². The van der Waals surface area contributed by atoms with Crippen LogP contribution in [-0.2, 0) is 14.4 Å². The number of likely N-dealkylation sites (tertiary alicyclic amines) is 1. The lowest BCUT2D eigenvalue weighted by atomic mass is 10.1. The number of rotatable bonds is 5. The van der Waals surface area contributed by atoms with Gasteiger partial charge in [-0.25, -0.2) is 0 Å². The highest BCUT2D eigenvalue weighted by atomic mass is 35.5. The molecule has 1 aromatic rings. The summed E-state index contributed by atoms with van der Waals surface area (Å²) in [6, 6.07) is 5.12. The fourth-order valence-electron chi connectivity index (χ4n) is 3.78. The summed E-state index contributed by atoms with van der Waals surface area (Å²) >= 11 is 11.9. The second-order valence-corrected chi connectivity index (χ2v) is 8.66. The Labute approximate surface area is 192 Å². The van der Waals surface area contributed by atoms with Crippen molar-refractivity contribution in [1.82, 2.24) is 14.7 Å². The molecule has 0 aliphatic carbocycles.